The first-order chi connectivity index (χ1) is 25.8. The van der Waals surface area contributed by atoms with E-state index in [1.807, 2.05) is 23.1 Å². The zero-order valence-electron chi connectivity index (χ0n) is 28.5. The quantitative estimate of drug-likeness (QED) is 0.163. The highest BCUT2D eigenvalue weighted by Crippen LogP contribution is 2.52. The van der Waals surface area contributed by atoms with Crippen molar-refractivity contribution in [3.05, 3.63) is 205 Å². The Bertz CT molecular complexity index is 2540. The highest BCUT2D eigenvalue weighted by atomic mass is 32.2. The number of hydrogen-bond donors (Lipinski definition) is 0. The number of nitrogens with zero attached hydrogens (tertiary/aromatic N) is 2. The van der Waals surface area contributed by atoms with Crippen LogP contribution in [0.3, 0.4) is 0 Å². The predicted molar refractivity (Wildman–Crippen MR) is 225 cm³/mol. The van der Waals surface area contributed by atoms with E-state index < -0.39 is 0 Å². The summed E-state index contributed by atoms with van der Waals surface area (Å²) in [5.41, 5.74) is 10.1. The van der Waals surface area contributed by atoms with Crippen LogP contribution in [0.15, 0.2) is 199 Å². The Labute approximate surface area is 313 Å². The van der Waals surface area contributed by atoms with Gasteiger partial charge in [0, 0.05) is 49.0 Å². The molecule has 0 fully saturated rings. The predicted octanol–water partition coefficient (Wildman–Crippen LogP) is 13.5. The van der Waals surface area contributed by atoms with E-state index in [0.29, 0.717) is 11.2 Å². The molecule has 0 radical (unpaired) electrons. The summed E-state index contributed by atoms with van der Waals surface area (Å²) in [5.74, 6) is 0.374. The molecule has 0 saturated heterocycles. The summed E-state index contributed by atoms with van der Waals surface area (Å²) in [6, 6.07) is 55.5. The fraction of sp³-hybridized carbons (Fsp3) is 0.0833. The van der Waals surface area contributed by atoms with Gasteiger partial charge in [-0.25, -0.2) is 0 Å². The summed E-state index contributed by atoms with van der Waals surface area (Å²) in [6.45, 7) is 0. The average Bonchev–Trinajstić information content (AvgIpc) is 3.79. The molecular weight excluding hydrogens is 669 g/mol. The van der Waals surface area contributed by atoms with Gasteiger partial charge in [0.05, 0.1) is 21.7 Å². The molecular formula is C48H36N2S2. The third-order valence-electron chi connectivity index (χ3n) is 10.6. The normalized spacial score (nSPS) is 18.9. The van der Waals surface area contributed by atoms with E-state index in [0.717, 1.165) is 6.42 Å². The summed E-state index contributed by atoms with van der Waals surface area (Å²) >= 11 is 3.88. The maximum absolute atomic E-state index is 2.53. The molecule has 3 unspecified atom stereocenters. The Balaban J connectivity index is 0.958. The van der Waals surface area contributed by atoms with Crippen molar-refractivity contribution in [1.82, 2.24) is 0 Å². The summed E-state index contributed by atoms with van der Waals surface area (Å²) < 4.78 is 2.67. The van der Waals surface area contributed by atoms with Crippen LogP contribution in [0.25, 0.3) is 25.7 Å². The molecule has 1 aromatic heterocycles. The van der Waals surface area contributed by atoms with Crippen molar-refractivity contribution in [3.8, 4) is 0 Å². The van der Waals surface area contributed by atoms with Crippen molar-refractivity contribution < 1.29 is 0 Å². The molecule has 3 aliphatic rings. The van der Waals surface area contributed by atoms with E-state index in [4.69, 9.17) is 0 Å². The van der Waals surface area contributed by atoms with Crippen molar-refractivity contribution in [3.63, 3.8) is 0 Å². The van der Waals surface area contributed by atoms with Crippen LogP contribution in [0.4, 0.5) is 22.7 Å². The van der Waals surface area contributed by atoms with Crippen LogP contribution in [-0.4, -0.2) is 11.3 Å². The Morgan fingerprint density at radius 3 is 2.12 bits per heavy atom. The minimum Gasteiger partial charge on any atom is -0.333 e. The first-order valence-corrected chi connectivity index (χ1v) is 19.7. The lowest BCUT2D eigenvalue weighted by Gasteiger charge is -2.34. The van der Waals surface area contributed by atoms with Crippen LogP contribution in [0.5, 0.6) is 0 Å². The molecule has 1 aliphatic heterocycles. The fourth-order valence-electron chi connectivity index (χ4n) is 8.12. The van der Waals surface area contributed by atoms with Gasteiger partial charge in [0.25, 0.3) is 0 Å². The highest BCUT2D eigenvalue weighted by molar-refractivity contribution is 8.00. The van der Waals surface area contributed by atoms with Crippen molar-refractivity contribution in [1.29, 1.82) is 0 Å². The summed E-state index contributed by atoms with van der Waals surface area (Å²) in [4.78, 5) is 6.37. The Morgan fingerprint density at radius 2 is 1.31 bits per heavy atom. The monoisotopic (exact) mass is 704 g/mol. The van der Waals surface area contributed by atoms with Crippen LogP contribution in [0, 0.1) is 0 Å². The van der Waals surface area contributed by atoms with E-state index in [-0.39, 0.29) is 6.04 Å². The SMILES string of the molecule is C1=CC2c3ccccc3SC2C(N(c2ccccc2)c2ccc(C3=CCC(N(c4ccccc4)c4cccc5c4sc4ccccc45)C=C3)cc2)=C1. The summed E-state index contributed by atoms with van der Waals surface area (Å²) in [5, 5.41) is 2.98. The van der Waals surface area contributed by atoms with E-state index in [2.05, 4.69) is 198 Å². The van der Waals surface area contributed by atoms with Gasteiger partial charge < -0.3 is 9.80 Å². The van der Waals surface area contributed by atoms with Crippen LogP contribution in [0.2, 0.25) is 0 Å². The van der Waals surface area contributed by atoms with Gasteiger partial charge in [0.15, 0.2) is 0 Å². The second kappa shape index (κ2) is 13.2. The topological polar surface area (TPSA) is 6.48 Å². The van der Waals surface area contributed by atoms with Gasteiger partial charge in [-0.05, 0) is 83.8 Å². The van der Waals surface area contributed by atoms with Gasteiger partial charge in [0.1, 0.15) is 0 Å². The van der Waals surface area contributed by atoms with Crippen molar-refractivity contribution in [2.24, 2.45) is 0 Å². The van der Waals surface area contributed by atoms with Crippen LogP contribution in [-0.2, 0) is 0 Å². The summed E-state index contributed by atoms with van der Waals surface area (Å²) in [7, 11) is 0. The number of thiophene rings is 1. The number of allylic oxidation sites excluding steroid dienone is 5. The van der Waals surface area contributed by atoms with Gasteiger partial charge in [-0.3, -0.25) is 0 Å². The molecule has 2 heterocycles. The maximum Gasteiger partial charge on any atom is 0.0604 e. The third-order valence-corrected chi connectivity index (χ3v) is 13.2. The molecule has 10 rings (SSSR count). The molecule has 2 nitrogen and oxygen atoms in total. The molecule has 0 N–H and O–H groups in total. The number of anilines is 4. The van der Waals surface area contributed by atoms with Gasteiger partial charge in [-0.2, -0.15) is 0 Å². The minimum atomic E-state index is 0.196. The number of hydrogen-bond acceptors (Lipinski definition) is 4. The zero-order chi connectivity index (χ0) is 34.4. The molecule has 0 bridgehead atoms. The van der Waals surface area contributed by atoms with E-state index in [1.54, 1.807) is 0 Å². The highest BCUT2D eigenvalue weighted by Gasteiger charge is 2.38. The average molecular weight is 705 g/mol. The lowest BCUT2D eigenvalue weighted by Crippen LogP contribution is -2.30. The Morgan fingerprint density at radius 1 is 0.596 bits per heavy atom. The van der Waals surface area contributed by atoms with Crippen LogP contribution < -0.4 is 9.80 Å². The second-order valence-corrected chi connectivity index (χ2v) is 15.8. The first kappa shape index (κ1) is 31.2. The van der Waals surface area contributed by atoms with Crippen LogP contribution in [0.1, 0.15) is 23.5 Å². The first-order valence-electron chi connectivity index (χ1n) is 18.0. The molecule has 0 saturated carbocycles. The van der Waals surface area contributed by atoms with Crippen LogP contribution >= 0.6 is 23.1 Å². The molecule has 3 atom stereocenters. The van der Waals surface area contributed by atoms with Gasteiger partial charge in [0.2, 0.25) is 0 Å². The standard InChI is InChI=1S/C48H36N2S2/c1-3-13-35(14-4-1)49(43-21-11-19-41-39-17-7-9-23-45(39)51-47(41)43)37-29-25-33(26-30-37)34-27-31-38(32-28-34)50(36-15-5-2-6-16-36)44-22-12-20-42-40-18-8-10-24-46(40)52-48(42)44/h1-31,38,41,47H,32H2. The number of para-hydroxylation sites is 2. The van der Waals surface area contributed by atoms with E-state index in [9.17, 15) is 0 Å². The van der Waals surface area contributed by atoms with Crippen molar-refractivity contribution in [2.75, 3.05) is 9.80 Å². The molecule has 4 heteroatoms. The van der Waals surface area contributed by atoms with Gasteiger partial charge >= 0.3 is 0 Å². The smallest absolute Gasteiger partial charge is 0.0604 e. The largest absolute Gasteiger partial charge is 0.333 e. The third kappa shape index (κ3) is 5.42. The fourth-order valence-corrected chi connectivity index (χ4v) is 10.8. The van der Waals surface area contributed by atoms with Crippen molar-refractivity contribution in [2.45, 2.75) is 28.5 Å². The van der Waals surface area contributed by atoms with Crippen molar-refractivity contribution >= 4 is 71.6 Å². The Kier molecular flexibility index (Phi) is 7.93. The molecule has 0 amide bonds. The second-order valence-electron chi connectivity index (χ2n) is 13.6. The molecule has 250 valence electrons. The molecule has 6 aromatic carbocycles. The van der Waals surface area contributed by atoms with E-state index in [1.165, 1.54) is 70.2 Å². The number of rotatable bonds is 7. The lowest BCUT2D eigenvalue weighted by atomic mass is 9.90. The van der Waals surface area contributed by atoms with Gasteiger partial charge in [-0.1, -0.05) is 127 Å². The molecule has 2 aliphatic carbocycles. The molecule has 7 aromatic rings. The maximum atomic E-state index is 2.53. The summed E-state index contributed by atoms with van der Waals surface area (Å²) in [6.07, 6.45) is 15.0. The Hall–Kier alpha value is -5.55. The number of thioether (sulfide) groups is 1. The van der Waals surface area contributed by atoms with E-state index >= 15 is 0 Å². The zero-order valence-corrected chi connectivity index (χ0v) is 30.2. The minimum absolute atomic E-state index is 0.196. The lowest BCUT2D eigenvalue weighted by molar-refractivity contribution is 0.790. The van der Waals surface area contributed by atoms with Gasteiger partial charge in [-0.15, -0.1) is 23.1 Å². The number of fused-ring (bicyclic) bond motifs is 6. The molecule has 52 heavy (non-hydrogen) atoms. The molecule has 0 spiro atoms. The number of benzene rings is 6.